The van der Waals surface area contributed by atoms with E-state index >= 15 is 0 Å². The van der Waals surface area contributed by atoms with Crippen LogP contribution in [0.5, 0.6) is 0 Å². The summed E-state index contributed by atoms with van der Waals surface area (Å²) in [5.41, 5.74) is 4.34. The molecule has 1 unspecified atom stereocenters. The molecular weight excluding hydrogens is 224 g/mol. The maximum absolute atomic E-state index is 10.4. The normalized spacial score (nSPS) is 12.7. The molecule has 1 N–H and O–H groups in total. The van der Waals surface area contributed by atoms with Gasteiger partial charge in [-0.3, -0.25) is 4.68 Å². The Bertz CT molecular complexity index is 531. The topological polar surface area (TPSA) is 38.0 Å². The van der Waals surface area contributed by atoms with Crippen molar-refractivity contribution < 1.29 is 5.11 Å². The van der Waals surface area contributed by atoms with E-state index in [1.807, 2.05) is 25.4 Å². The van der Waals surface area contributed by atoms with Gasteiger partial charge in [0.2, 0.25) is 0 Å². The van der Waals surface area contributed by atoms with E-state index in [2.05, 4.69) is 31.1 Å². The molecule has 0 bridgehead atoms. The van der Waals surface area contributed by atoms with E-state index in [9.17, 15) is 5.11 Å². The van der Waals surface area contributed by atoms with Gasteiger partial charge in [0.1, 0.15) is 0 Å². The van der Waals surface area contributed by atoms with Crippen LogP contribution in [0, 0.1) is 6.92 Å². The number of hydrogen-bond donors (Lipinski definition) is 1. The van der Waals surface area contributed by atoms with Crippen molar-refractivity contribution >= 4 is 0 Å². The first-order valence-corrected chi connectivity index (χ1v) is 6.36. The summed E-state index contributed by atoms with van der Waals surface area (Å²) in [5.74, 6) is 0. The van der Waals surface area contributed by atoms with Crippen molar-refractivity contribution in [3.05, 3.63) is 52.8 Å². The van der Waals surface area contributed by atoms with E-state index in [0.29, 0.717) is 6.42 Å². The predicted octanol–water partition coefficient (Wildman–Crippen LogP) is 2.57. The molecule has 0 spiro atoms. The molecule has 0 amide bonds. The molecule has 0 aliphatic carbocycles. The zero-order valence-corrected chi connectivity index (χ0v) is 11.2. The molecule has 1 heterocycles. The van der Waals surface area contributed by atoms with Gasteiger partial charge in [0.05, 0.1) is 11.8 Å². The maximum Gasteiger partial charge on any atom is 0.0863 e. The molecule has 0 radical (unpaired) electrons. The van der Waals surface area contributed by atoms with E-state index in [0.717, 1.165) is 17.7 Å². The largest absolute Gasteiger partial charge is 0.388 e. The highest BCUT2D eigenvalue weighted by Gasteiger charge is 2.16. The molecule has 0 aliphatic heterocycles. The van der Waals surface area contributed by atoms with Gasteiger partial charge in [-0.05, 0) is 24.5 Å². The van der Waals surface area contributed by atoms with Gasteiger partial charge < -0.3 is 5.11 Å². The molecular formula is C15H20N2O. The van der Waals surface area contributed by atoms with Crippen molar-refractivity contribution in [1.29, 1.82) is 0 Å². The van der Waals surface area contributed by atoms with Crippen LogP contribution in [0.2, 0.25) is 0 Å². The first kappa shape index (κ1) is 12.8. The van der Waals surface area contributed by atoms with Crippen molar-refractivity contribution in [2.75, 3.05) is 0 Å². The summed E-state index contributed by atoms with van der Waals surface area (Å²) in [4.78, 5) is 0. The first-order valence-electron chi connectivity index (χ1n) is 6.36. The molecule has 0 saturated carbocycles. The van der Waals surface area contributed by atoms with Gasteiger partial charge in [-0.2, -0.15) is 5.10 Å². The van der Waals surface area contributed by atoms with Crippen LogP contribution in [0.3, 0.4) is 0 Å². The highest BCUT2D eigenvalue weighted by atomic mass is 16.3. The van der Waals surface area contributed by atoms with Gasteiger partial charge in [0.15, 0.2) is 0 Å². The lowest BCUT2D eigenvalue weighted by Crippen LogP contribution is -2.04. The van der Waals surface area contributed by atoms with Gasteiger partial charge in [-0.15, -0.1) is 0 Å². The second-order valence-electron chi connectivity index (χ2n) is 4.70. The molecule has 0 fully saturated rings. The van der Waals surface area contributed by atoms with E-state index in [1.165, 1.54) is 11.1 Å². The summed E-state index contributed by atoms with van der Waals surface area (Å²) in [5, 5.41) is 14.7. The maximum atomic E-state index is 10.4. The third-order valence-corrected chi connectivity index (χ3v) is 3.31. The summed E-state index contributed by atoms with van der Waals surface area (Å²) in [6, 6.07) is 8.18. The van der Waals surface area contributed by atoms with Gasteiger partial charge >= 0.3 is 0 Å². The number of rotatable bonds is 4. The molecule has 2 aromatic rings. The Morgan fingerprint density at radius 3 is 2.72 bits per heavy atom. The summed E-state index contributed by atoms with van der Waals surface area (Å²) in [6.45, 7) is 4.14. The van der Waals surface area contributed by atoms with Crippen LogP contribution in [0.1, 0.15) is 35.4 Å². The molecule has 0 aliphatic rings. The lowest BCUT2D eigenvalue weighted by atomic mass is 9.98. The fourth-order valence-electron chi connectivity index (χ4n) is 2.26. The van der Waals surface area contributed by atoms with Crippen molar-refractivity contribution in [3.63, 3.8) is 0 Å². The molecule has 1 aromatic carbocycles. The fourth-order valence-corrected chi connectivity index (χ4v) is 2.26. The SMILES string of the molecule is CCc1nn(C)cc1C(O)Cc1ccccc1C. The van der Waals surface area contributed by atoms with Gasteiger partial charge in [-0.25, -0.2) is 0 Å². The Kier molecular flexibility index (Phi) is 3.82. The van der Waals surface area contributed by atoms with Crippen LogP contribution in [0.25, 0.3) is 0 Å². The minimum absolute atomic E-state index is 0.477. The molecule has 96 valence electrons. The third-order valence-electron chi connectivity index (χ3n) is 3.31. The number of aryl methyl sites for hydroxylation is 3. The zero-order chi connectivity index (χ0) is 13.1. The molecule has 1 aromatic heterocycles. The van der Waals surface area contributed by atoms with Crippen LogP contribution in [-0.2, 0) is 19.9 Å². The fraction of sp³-hybridized carbons (Fsp3) is 0.400. The number of aromatic nitrogens is 2. The van der Waals surface area contributed by atoms with Crippen LogP contribution in [-0.4, -0.2) is 14.9 Å². The average molecular weight is 244 g/mol. The molecule has 1 atom stereocenters. The second-order valence-corrected chi connectivity index (χ2v) is 4.70. The molecule has 18 heavy (non-hydrogen) atoms. The Morgan fingerprint density at radius 1 is 1.33 bits per heavy atom. The minimum Gasteiger partial charge on any atom is -0.388 e. The summed E-state index contributed by atoms with van der Waals surface area (Å²) in [7, 11) is 1.89. The quantitative estimate of drug-likeness (QED) is 0.897. The van der Waals surface area contributed by atoms with Crippen molar-refractivity contribution in [1.82, 2.24) is 9.78 Å². The first-order chi connectivity index (χ1) is 8.61. The summed E-state index contributed by atoms with van der Waals surface area (Å²) >= 11 is 0. The average Bonchev–Trinajstić information content (AvgIpc) is 2.73. The highest BCUT2D eigenvalue weighted by Crippen LogP contribution is 2.22. The predicted molar refractivity (Wildman–Crippen MR) is 72.4 cm³/mol. The Balaban J connectivity index is 2.21. The number of nitrogens with zero attached hydrogens (tertiary/aromatic N) is 2. The van der Waals surface area contributed by atoms with Gasteiger partial charge in [-0.1, -0.05) is 31.2 Å². The zero-order valence-electron chi connectivity index (χ0n) is 11.2. The standard InChI is InChI=1S/C15H20N2O/c1-4-14-13(10-17(3)16-14)15(18)9-12-8-6-5-7-11(12)2/h5-8,10,15,18H,4,9H2,1-3H3. The third kappa shape index (κ3) is 2.62. The van der Waals surface area contributed by atoms with E-state index in [-0.39, 0.29) is 0 Å². The molecule has 3 heteroatoms. The van der Waals surface area contributed by atoms with E-state index in [4.69, 9.17) is 0 Å². The number of aliphatic hydroxyl groups is 1. The monoisotopic (exact) mass is 244 g/mol. The summed E-state index contributed by atoms with van der Waals surface area (Å²) < 4.78 is 1.77. The number of hydrogen-bond acceptors (Lipinski definition) is 2. The van der Waals surface area contributed by atoms with Crippen molar-refractivity contribution in [3.8, 4) is 0 Å². The lowest BCUT2D eigenvalue weighted by molar-refractivity contribution is 0.177. The Hall–Kier alpha value is -1.61. The van der Waals surface area contributed by atoms with Crippen molar-refractivity contribution in [2.24, 2.45) is 7.05 Å². The molecule has 3 nitrogen and oxygen atoms in total. The highest BCUT2D eigenvalue weighted by molar-refractivity contribution is 5.29. The number of benzene rings is 1. The second kappa shape index (κ2) is 5.36. The smallest absolute Gasteiger partial charge is 0.0863 e. The lowest BCUT2D eigenvalue weighted by Gasteiger charge is -2.12. The van der Waals surface area contributed by atoms with Crippen molar-refractivity contribution in [2.45, 2.75) is 32.8 Å². The van der Waals surface area contributed by atoms with Crippen LogP contribution < -0.4 is 0 Å². The minimum atomic E-state index is -0.477. The van der Waals surface area contributed by atoms with Crippen LogP contribution >= 0.6 is 0 Å². The van der Waals surface area contributed by atoms with E-state index < -0.39 is 6.10 Å². The van der Waals surface area contributed by atoms with Gasteiger partial charge in [0, 0.05) is 25.2 Å². The van der Waals surface area contributed by atoms with Crippen LogP contribution in [0.4, 0.5) is 0 Å². The molecule has 0 saturated heterocycles. The van der Waals surface area contributed by atoms with E-state index in [1.54, 1.807) is 4.68 Å². The number of aliphatic hydroxyl groups excluding tert-OH is 1. The van der Waals surface area contributed by atoms with Crippen LogP contribution in [0.15, 0.2) is 30.5 Å². The Labute approximate surface area is 108 Å². The van der Waals surface area contributed by atoms with Gasteiger partial charge in [0.25, 0.3) is 0 Å². The summed E-state index contributed by atoms with van der Waals surface area (Å²) in [6.07, 6.45) is 2.93. The Morgan fingerprint density at radius 2 is 2.06 bits per heavy atom. The molecule has 2 rings (SSSR count).